The highest BCUT2D eigenvalue weighted by atomic mass is 16.2. The van der Waals surface area contributed by atoms with Gasteiger partial charge in [0.25, 0.3) is 5.91 Å². The van der Waals surface area contributed by atoms with Gasteiger partial charge in [-0.3, -0.25) is 9.59 Å². The molecule has 0 bridgehead atoms. The van der Waals surface area contributed by atoms with Crippen LogP contribution in [-0.4, -0.2) is 67.7 Å². The van der Waals surface area contributed by atoms with Crippen molar-refractivity contribution in [1.82, 2.24) is 29.7 Å². The Kier molecular flexibility index (Phi) is 6.38. The molecule has 2 N–H and O–H groups in total. The zero-order chi connectivity index (χ0) is 24.2. The van der Waals surface area contributed by atoms with Gasteiger partial charge in [0.2, 0.25) is 11.9 Å². The van der Waals surface area contributed by atoms with Gasteiger partial charge in [0.1, 0.15) is 5.65 Å². The molecule has 9 nitrogen and oxygen atoms in total. The van der Waals surface area contributed by atoms with Gasteiger partial charge in [-0.2, -0.15) is 0 Å². The highest BCUT2D eigenvalue weighted by Crippen LogP contribution is 2.21. The SMILES string of the molecule is CC(=O)N1CCN(C(=O)c2cccc(Nc3ncccn3)c2)CC(Cc2cnc3[nH]ccc3c2)C1. The molecule has 2 amide bonds. The fourth-order valence-electron chi connectivity index (χ4n) is 4.54. The zero-order valence-corrected chi connectivity index (χ0v) is 19.5. The predicted molar refractivity (Wildman–Crippen MR) is 133 cm³/mol. The van der Waals surface area contributed by atoms with E-state index in [4.69, 9.17) is 0 Å². The van der Waals surface area contributed by atoms with Gasteiger partial charge in [0, 0.05) is 74.5 Å². The number of benzene rings is 1. The number of carbonyl (C=O) groups is 2. The van der Waals surface area contributed by atoms with Crippen molar-refractivity contribution in [3.05, 3.63) is 78.4 Å². The van der Waals surface area contributed by atoms with Crippen molar-refractivity contribution in [2.75, 3.05) is 31.5 Å². The van der Waals surface area contributed by atoms with Crippen LogP contribution < -0.4 is 5.32 Å². The standard InChI is InChI=1S/C26H27N7O2/c1-18(34)32-10-11-33(17-20(16-32)12-19-13-21-6-9-27-24(21)30-15-19)25(35)22-4-2-5-23(14-22)31-26-28-7-3-8-29-26/h2-9,13-15,20H,10-12,16-17H2,1H3,(H,27,30)(H,28,29,31). The first-order valence-electron chi connectivity index (χ1n) is 11.7. The number of fused-ring (bicyclic) bond motifs is 1. The second kappa shape index (κ2) is 9.92. The normalized spacial score (nSPS) is 16.2. The predicted octanol–water partition coefficient (Wildman–Crippen LogP) is 3.26. The topological polar surface area (TPSA) is 107 Å². The Morgan fingerprint density at radius 3 is 2.66 bits per heavy atom. The summed E-state index contributed by atoms with van der Waals surface area (Å²) in [6, 6.07) is 13.2. The maximum atomic E-state index is 13.5. The van der Waals surface area contributed by atoms with E-state index in [2.05, 4.69) is 31.3 Å². The molecular weight excluding hydrogens is 442 g/mol. The van der Waals surface area contributed by atoms with Gasteiger partial charge in [-0.25, -0.2) is 15.0 Å². The second-order valence-electron chi connectivity index (χ2n) is 8.82. The monoisotopic (exact) mass is 469 g/mol. The molecule has 4 heterocycles. The summed E-state index contributed by atoms with van der Waals surface area (Å²) in [4.78, 5) is 45.4. The third-order valence-electron chi connectivity index (χ3n) is 6.24. The Labute approximate surface area is 203 Å². The summed E-state index contributed by atoms with van der Waals surface area (Å²) < 4.78 is 0. The van der Waals surface area contributed by atoms with E-state index in [1.807, 2.05) is 52.5 Å². The van der Waals surface area contributed by atoms with Crippen molar-refractivity contribution in [2.24, 2.45) is 5.92 Å². The molecule has 3 aromatic heterocycles. The smallest absolute Gasteiger partial charge is 0.254 e. The first-order valence-corrected chi connectivity index (χ1v) is 11.7. The van der Waals surface area contributed by atoms with Crippen molar-refractivity contribution < 1.29 is 9.59 Å². The fraction of sp³-hybridized carbons (Fsp3) is 0.269. The maximum absolute atomic E-state index is 13.5. The van der Waals surface area contributed by atoms with Gasteiger partial charge < -0.3 is 20.1 Å². The number of hydrogen-bond donors (Lipinski definition) is 2. The van der Waals surface area contributed by atoms with Crippen LogP contribution in [0.15, 0.2) is 67.3 Å². The molecule has 35 heavy (non-hydrogen) atoms. The number of carbonyl (C=O) groups excluding carboxylic acids is 2. The fourth-order valence-corrected chi connectivity index (χ4v) is 4.54. The molecule has 1 aliphatic heterocycles. The Bertz CT molecular complexity index is 1340. The van der Waals surface area contributed by atoms with Crippen LogP contribution in [0.25, 0.3) is 11.0 Å². The summed E-state index contributed by atoms with van der Waals surface area (Å²) in [5.41, 5.74) is 3.26. The molecule has 1 fully saturated rings. The minimum absolute atomic E-state index is 0.0255. The summed E-state index contributed by atoms with van der Waals surface area (Å²) in [7, 11) is 0. The van der Waals surface area contributed by atoms with Crippen molar-refractivity contribution >= 4 is 34.5 Å². The number of aromatic nitrogens is 4. The number of nitrogens with zero attached hydrogens (tertiary/aromatic N) is 5. The second-order valence-corrected chi connectivity index (χ2v) is 8.82. The maximum Gasteiger partial charge on any atom is 0.254 e. The molecule has 0 saturated carbocycles. The van der Waals surface area contributed by atoms with E-state index in [0.29, 0.717) is 37.7 Å². The molecule has 5 rings (SSSR count). The molecule has 1 unspecified atom stereocenters. The number of H-pyrrole nitrogens is 1. The van der Waals surface area contributed by atoms with Gasteiger partial charge in [0.15, 0.2) is 0 Å². The first-order chi connectivity index (χ1) is 17.0. The Morgan fingerprint density at radius 2 is 1.83 bits per heavy atom. The van der Waals surface area contributed by atoms with Crippen molar-refractivity contribution in [2.45, 2.75) is 13.3 Å². The van der Waals surface area contributed by atoms with Gasteiger partial charge in [-0.1, -0.05) is 6.07 Å². The Hall–Kier alpha value is -4.27. The minimum Gasteiger partial charge on any atom is -0.346 e. The van der Waals surface area contributed by atoms with Crippen LogP contribution in [0.1, 0.15) is 22.8 Å². The van der Waals surface area contributed by atoms with Gasteiger partial charge in [-0.15, -0.1) is 0 Å². The summed E-state index contributed by atoms with van der Waals surface area (Å²) >= 11 is 0. The van der Waals surface area contributed by atoms with E-state index >= 15 is 0 Å². The highest BCUT2D eigenvalue weighted by molar-refractivity contribution is 5.95. The number of aromatic amines is 1. The number of pyridine rings is 1. The van der Waals surface area contributed by atoms with Gasteiger partial charge in [-0.05, 0) is 54.3 Å². The van der Waals surface area contributed by atoms with Crippen LogP contribution in [0, 0.1) is 5.92 Å². The van der Waals surface area contributed by atoms with Crippen LogP contribution >= 0.6 is 0 Å². The molecule has 178 valence electrons. The van der Waals surface area contributed by atoms with E-state index in [-0.39, 0.29) is 17.7 Å². The number of amides is 2. The largest absolute Gasteiger partial charge is 0.346 e. The molecule has 1 atom stereocenters. The lowest BCUT2D eigenvalue weighted by atomic mass is 9.98. The lowest BCUT2D eigenvalue weighted by molar-refractivity contribution is -0.129. The number of nitrogens with one attached hydrogen (secondary N) is 2. The Morgan fingerprint density at radius 1 is 1.03 bits per heavy atom. The van der Waals surface area contributed by atoms with Crippen LogP contribution in [-0.2, 0) is 11.2 Å². The van der Waals surface area contributed by atoms with Crippen molar-refractivity contribution in [3.8, 4) is 0 Å². The van der Waals surface area contributed by atoms with Crippen molar-refractivity contribution in [3.63, 3.8) is 0 Å². The molecule has 1 aliphatic rings. The molecule has 0 aliphatic carbocycles. The molecule has 1 saturated heterocycles. The summed E-state index contributed by atoms with van der Waals surface area (Å²) in [5.74, 6) is 0.536. The minimum atomic E-state index is -0.0581. The number of rotatable bonds is 5. The van der Waals surface area contributed by atoms with E-state index in [9.17, 15) is 9.59 Å². The average molecular weight is 470 g/mol. The van der Waals surface area contributed by atoms with Crippen LogP contribution in [0.2, 0.25) is 0 Å². The number of hydrogen-bond acceptors (Lipinski definition) is 6. The molecular formula is C26H27N7O2. The van der Waals surface area contributed by atoms with E-state index in [1.165, 1.54) is 0 Å². The first kappa shape index (κ1) is 22.5. The number of anilines is 2. The lowest BCUT2D eigenvalue weighted by Crippen LogP contribution is -2.36. The highest BCUT2D eigenvalue weighted by Gasteiger charge is 2.28. The van der Waals surface area contributed by atoms with Crippen LogP contribution in [0.3, 0.4) is 0 Å². The van der Waals surface area contributed by atoms with Crippen LogP contribution in [0.5, 0.6) is 0 Å². The van der Waals surface area contributed by atoms with Gasteiger partial charge >= 0.3 is 0 Å². The summed E-state index contributed by atoms with van der Waals surface area (Å²) in [6.45, 7) is 3.76. The van der Waals surface area contributed by atoms with Gasteiger partial charge in [0.05, 0.1) is 0 Å². The molecule has 9 heteroatoms. The summed E-state index contributed by atoms with van der Waals surface area (Å²) in [6.07, 6.45) is 7.79. The van der Waals surface area contributed by atoms with E-state index < -0.39 is 0 Å². The lowest BCUT2D eigenvalue weighted by Gasteiger charge is -2.24. The summed E-state index contributed by atoms with van der Waals surface area (Å²) in [5, 5.41) is 4.19. The third kappa shape index (κ3) is 5.29. The molecule has 0 radical (unpaired) electrons. The van der Waals surface area contributed by atoms with Crippen molar-refractivity contribution in [1.29, 1.82) is 0 Å². The molecule has 0 spiro atoms. The molecule has 4 aromatic rings. The quantitative estimate of drug-likeness (QED) is 0.465. The average Bonchev–Trinajstić information content (AvgIpc) is 3.23. The molecule has 1 aromatic carbocycles. The van der Waals surface area contributed by atoms with E-state index in [1.54, 1.807) is 25.4 Å². The van der Waals surface area contributed by atoms with Crippen LogP contribution in [0.4, 0.5) is 11.6 Å². The third-order valence-corrected chi connectivity index (χ3v) is 6.24. The Balaban J connectivity index is 1.34. The zero-order valence-electron chi connectivity index (χ0n) is 19.5. The van der Waals surface area contributed by atoms with E-state index in [0.717, 1.165) is 28.7 Å².